The Hall–Kier alpha value is -1.75. The summed E-state index contributed by atoms with van der Waals surface area (Å²) in [7, 11) is 0. The van der Waals surface area contributed by atoms with Crippen LogP contribution in [-0.2, 0) is 9.53 Å². The summed E-state index contributed by atoms with van der Waals surface area (Å²) in [5.74, 6) is 0.625. The summed E-state index contributed by atoms with van der Waals surface area (Å²) in [6.45, 7) is 1.55. The summed E-state index contributed by atoms with van der Waals surface area (Å²) in [6, 6.07) is 5.68. The highest BCUT2D eigenvalue weighted by atomic mass is 16.5. The van der Waals surface area contributed by atoms with Gasteiger partial charge in [-0.1, -0.05) is 12.1 Å². The maximum Gasteiger partial charge on any atom is 0.253 e. The Balaban J connectivity index is 1.99. The van der Waals surface area contributed by atoms with Gasteiger partial charge in [0.25, 0.3) is 5.91 Å². The van der Waals surface area contributed by atoms with Crippen molar-refractivity contribution >= 4 is 11.6 Å². The molecular weight excluding hydrogens is 208 g/mol. The van der Waals surface area contributed by atoms with Crippen LogP contribution in [-0.4, -0.2) is 25.8 Å². The fourth-order valence-corrected chi connectivity index (χ4v) is 2.00. The number of rotatable bonds is 1. The molecule has 0 spiro atoms. The van der Waals surface area contributed by atoms with Gasteiger partial charge in [0.2, 0.25) is 0 Å². The van der Waals surface area contributed by atoms with E-state index in [1.807, 2.05) is 18.2 Å². The number of nitrogens with one attached hydrogen (secondary N) is 2. The number of benzene rings is 1. The van der Waals surface area contributed by atoms with E-state index in [1.54, 1.807) is 0 Å². The number of hydrogen-bond acceptors (Lipinski definition) is 4. The van der Waals surface area contributed by atoms with E-state index in [4.69, 9.17) is 9.47 Å². The molecule has 2 aliphatic heterocycles. The Morgan fingerprint density at radius 3 is 3.12 bits per heavy atom. The molecule has 2 aliphatic rings. The Morgan fingerprint density at radius 1 is 1.31 bits per heavy atom. The minimum absolute atomic E-state index is 0.102. The van der Waals surface area contributed by atoms with Crippen molar-refractivity contribution in [1.29, 1.82) is 0 Å². The van der Waals surface area contributed by atoms with E-state index < -0.39 is 6.10 Å². The highest BCUT2D eigenvalue weighted by Gasteiger charge is 2.29. The van der Waals surface area contributed by atoms with E-state index in [-0.39, 0.29) is 5.91 Å². The van der Waals surface area contributed by atoms with Crippen LogP contribution in [0.5, 0.6) is 5.75 Å². The molecule has 0 bridgehead atoms. The molecule has 1 saturated heterocycles. The van der Waals surface area contributed by atoms with Crippen molar-refractivity contribution in [2.75, 3.05) is 25.2 Å². The summed E-state index contributed by atoms with van der Waals surface area (Å²) < 4.78 is 10.9. The molecule has 0 radical (unpaired) electrons. The van der Waals surface area contributed by atoms with E-state index in [0.717, 1.165) is 17.0 Å². The summed E-state index contributed by atoms with van der Waals surface area (Å²) in [4.78, 5) is 11.7. The number of anilines is 1. The number of ether oxygens (including phenoxy) is 2. The van der Waals surface area contributed by atoms with Gasteiger partial charge in [-0.25, -0.2) is 0 Å². The summed E-state index contributed by atoms with van der Waals surface area (Å²) >= 11 is 0. The van der Waals surface area contributed by atoms with Gasteiger partial charge in [0.1, 0.15) is 0 Å². The highest BCUT2D eigenvalue weighted by Crippen LogP contribution is 2.37. The molecule has 5 nitrogen and oxygen atoms in total. The molecule has 3 rings (SSSR count). The van der Waals surface area contributed by atoms with E-state index in [2.05, 4.69) is 10.6 Å². The zero-order chi connectivity index (χ0) is 11.0. The predicted molar refractivity (Wildman–Crippen MR) is 57.3 cm³/mol. The van der Waals surface area contributed by atoms with Crippen LogP contribution in [0.3, 0.4) is 0 Å². The third kappa shape index (κ3) is 1.40. The van der Waals surface area contributed by atoms with Crippen LogP contribution in [0.1, 0.15) is 11.7 Å². The molecule has 1 amide bonds. The number of para-hydroxylation sites is 1. The van der Waals surface area contributed by atoms with Crippen LogP contribution in [0.25, 0.3) is 0 Å². The lowest BCUT2D eigenvalue weighted by atomic mass is 10.1. The summed E-state index contributed by atoms with van der Waals surface area (Å²) in [6.07, 6.45) is -0.552. The van der Waals surface area contributed by atoms with Gasteiger partial charge in [-0.3, -0.25) is 4.79 Å². The summed E-state index contributed by atoms with van der Waals surface area (Å²) in [5.41, 5.74) is 1.71. The molecule has 0 aliphatic carbocycles. The smallest absolute Gasteiger partial charge is 0.253 e. The fourth-order valence-electron chi connectivity index (χ4n) is 2.00. The molecule has 1 unspecified atom stereocenters. The lowest BCUT2D eigenvalue weighted by Gasteiger charge is -2.23. The molecule has 2 N–H and O–H groups in total. The van der Waals surface area contributed by atoms with E-state index in [0.29, 0.717) is 19.9 Å². The predicted octanol–water partition coefficient (Wildman–Crippen LogP) is 0.636. The number of hydrogen-bond donors (Lipinski definition) is 2. The summed E-state index contributed by atoms with van der Waals surface area (Å²) in [5, 5.41) is 5.87. The van der Waals surface area contributed by atoms with Crippen molar-refractivity contribution in [1.82, 2.24) is 5.32 Å². The molecule has 1 aromatic rings. The lowest BCUT2D eigenvalue weighted by Crippen LogP contribution is -2.39. The standard InChI is InChI=1S/C11H12N2O3/c14-11-10(15-5-4-12-11)7-2-1-3-8-9(7)16-6-13-8/h1-3,10,13H,4-6H2,(H,12,14). The zero-order valence-corrected chi connectivity index (χ0v) is 8.66. The number of carbonyl (C=O) groups is 1. The van der Waals surface area contributed by atoms with Gasteiger partial charge in [0.05, 0.1) is 12.3 Å². The number of amides is 1. The molecular formula is C11H12N2O3. The van der Waals surface area contributed by atoms with Crippen LogP contribution in [0.15, 0.2) is 18.2 Å². The number of morpholine rings is 1. The van der Waals surface area contributed by atoms with Crippen molar-refractivity contribution in [3.8, 4) is 5.75 Å². The van der Waals surface area contributed by atoms with Crippen molar-refractivity contribution < 1.29 is 14.3 Å². The van der Waals surface area contributed by atoms with Gasteiger partial charge in [-0.2, -0.15) is 0 Å². The Bertz CT molecular complexity index is 433. The molecule has 84 valence electrons. The maximum absolute atomic E-state index is 11.7. The molecule has 1 aromatic carbocycles. The molecule has 1 fully saturated rings. The minimum Gasteiger partial charge on any atom is -0.471 e. The van der Waals surface area contributed by atoms with E-state index >= 15 is 0 Å². The molecule has 0 aromatic heterocycles. The third-order valence-electron chi connectivity index (χ3n) is 2.73. The fraction of sp³-hybridized carbons (Fsp3) is 0.364. The SMILES string of the molecule is O=C1NCCOC1c1cccc2c1OCN2. The molecule has 0 saturated carbocycles. The van der Waals surface area contributed by atoms with Gasteiger partial charge in [-0.05, 0) is 6.07 Å². The number of fused-ring (bicyclic) bond motifs is 1. The Labute approximate surface area is 92.7 Å². The first-order valence-electron chi connectivity index (χ1n) is 5.25. The lowest BCUT2D eigenvalue weighted by molar-refractivity contribution is -0.138. The Morgan fingerprint density at radius 2 is 2.25 bits per heavy atom. The maximum atomic E-state index is 11.7. The van der Waals surface area contributed by atoms with Crippen LogP contribution in [0, 0.1) is 0 Å². The van der Waals surface area contributed by atoms with Gasteiger partial charge < -0.3 is 20.1 Å². The second-order valence-electron chi connectivity index (χ2n) is 3.73. The second-order valence-corrected chi connectivity index (χ2v) is 3.73. The van der Waals surface area contributed by atoms with Gasteiger partial charge in [-0.15, -0.1) is 0 Å². The zero-order valence-electron chi connectivity index (χ0n) is 8.66. The average Bonchev–Trinajstić information content (AvgIpc) is 2.77. The first-order valence-corrected chi connectivity index (χ1v) is 5.25. The van der Waals surface area contributed by atoms with E-state index in [9.17, 15) is 4.79 Å². The average molecular weight is 220 g/mol. The topological polar surface area (TPSA) is 59.6 Å². The Kier molecular flexibility index (Phi) is 2.18. The van der Waals surface area contributed by atoms with Crippen LogP contribution in [0.2, 0.25) is 0 Å². The van der Waals surface area contributed by atoms with Crippen LogP contribution in [0.4, 0.5) is 5.69 Å². The monoisotopic (exact) mass is 220 g/mol. The quantitative estimate of drug-likeness (QED) is 0.729. The highest BCUT2D eigenvalue weighted by molar-refractivity contribution is 5.84. The van der Waals surface area contributed by atoms with Gasteiger partial charge >= 0.3 is 0 Å². The molecule has 2 heterocycles. The van der Waals surface area contributed by atoms with Crippen molar-refractivity contribution in [3.05, 3.63) is 23.8 Å². The second kappa shape index (κ2) is 3.68. The first kappa shape index (κ1) is 9.47. The minimum atomic E-state index is -0.552. The van der Waals surface area contributed by atoms with Crippen LogP contribution >= 0.6 is 0 Å². The number of carbonyl (C=O) groups excluding carboxylic acids is 1. The van der Waals surface area contributed by atoms with Crippen molar-refractivity contribution in [3.63, 3.8) is 0 Å². The molecule has 1 atom stereocenters. The van der Waals surface area contributed by atoms with Crippen molar-refractivity contribution in [2.45, 2.75) is 6.10 Å². The van der Waals surface area contributed by atoms with Gasteiger partial charge in [0.15, 0.2) is 18.6 Å². The third-order valence-corrected chi connectivity index (χ3v) is 2.73. The first-order chi connectivity index (χ1) is 7.86. The molecule has 16 heavy (non-hydrogen) atoms. The largest absolute Gasteiger partial charge is 0.471 e. The van der Waals surface area contributed by atoms with E-state index in [1.165, 1.54) is 0 Å². The van der Waals surface area contributed by atoms with Crippen LogP contribution < -0.4 is 15.4 Å². The molecule has 5 heteroatoms. The van der Waals surface area contributed by atoms with Crippen molar-refractivity contribution in [2.24, 2.45) is 0 Å². The van der Waals surface area contributed by atoms with Gasteiger partial charge in [0, 0.05) is 12.1 Å². The normalized spacial score (nSPS) is 23.0.